The maximum atomic E-state index is 11.9. The van der Waals surface area contributed by atoms with Crippen molar-refractivity contribution in [2.45, 2.75) is 53.4 Å². The molecule has 0 aliphatic carbocycles. The van der Waals surface area contributed by atoms with E-state index >= 15 is 0 Å². The van der Waals surface area contributed by atoms with E-state index in [9.17, 15) is 9.59 Å². The number of hydrogen-bond donors (Lipinski definition) is 1. The number of nitrogens with zero attached hydrogens (tertiary/aromatic N) is 1. The third-order valence-corrected chi connectivity index (χ3v) is 3.69. The Bertz CT molecular complexity index is 512. The standard InChI is InChI=1S/C18H28N2O2/c1-5-6-7-11-19-18(22)10-12-20(16(4)21)17-9-8-14(2)13-15(17)3/h8-9,13H,5-7,10-12H2,1-4H3,(H,19,22). The van der Waals surface area contributed by atoms with Crippen LogP contribution in [-0.4, -0.2) is 24.9 Å². The summed E-state index contributed by atoms with van der Waals surface area (Å²) in [6, 6.07) is 5.99. The lowest BCUT2D eigenvalue weighted by Gasteiger charge is -2.23. The Labute approximate surface area is 133 Å². The van der Waals surface area contributed by atoms with Gasteiger partial charge in [-0.05, 0) is 31.9 Å². The number of carbonyl (C=O) groups is 2. The van der Waals surface area contributed by atoms with E-state index < -0.39 is 0 Å². The Balaban J connectivity index is 2.58. The van der Waals surface area contributed by atoms with Gasteiger partial charge in [-0.3, -0.25) is 9.59 Å². The highest BCUT2D eigenvalue weighted by Gasteiger charge is 2.15. The van der Waals surface area contributed by atoms with Gasteiger partial charge in [-0.1, -0.05) is 37.5 Å². The fourth-order valence-corrected chi connectivity index (χ4v) is 2.46. The van der Waals surface area contributed by atoms with Crippen LogP contribution in [0.5, 0.6) is 0 Å². The van der Waals surface area contributed by atoms with Crippen LogP contribution in [0.1, 0.15) is 50.7 Å². The van der Waals surface area contributed by atoms with E-state index in [0.717, 1.165) is 37.1 Å². The van der Waals surface area contributed by atoms with Gasteiger partial charge in [-0.25, -0.2) is 0 Å². The minimum Gasteiger partial charge on any atom is -0.356 e. The van der Waals surface area contributed by atoms with Gasteiger partial charge in [-0.2, -0.15) is 0 Å². The van der Waals surface area contributed by atoms with E-state index in [1.165, 1.54) is 5.56 Å². The molecule has 0 unspecified atom stereocenters. The third kappa shape index (κ3) is 5.88. The fourth-order valence-electron chi connectivity index (χ4n) is 2.46. The van der Waals surface area contributed by atoms with Crippen molar-refractivity contribution in [3.8, 4) is 0 Å². The molecule has 0 atom stereocenters. The minimum absolute atomic E-state index is 0.00659. The molecule has 1 rings (SSSR count). The Kier molecular flexibility index (Phi) is 7.64. The van der Waals surface area contributed by atoms with E-state index in [4.69, 9.17) is 0 Å². The van der Waals surface area contributed by atoms with Crippen LogP contribution < -0.4 is 10.2 Å². The molecule has 0 fully saturated rings. The molecule has 122 valence electrons. The lowest BCUT2D eigenvalue weighted by Crippen LogP contribution is -2.34. The summed E-state index contributed by atoms with van der Waals surface area (Å²) in [7, 11) is 0. The number of unbranched alkanes of at least 4 members (excludes halogenated alkanes) is 2. The van der Waals surface area contributed by atoms with Crippen molar-refractivity contribution < 1.29 is 9.59 Å². The molecule has 0 saturated carbocycles. The molecule has 0 radical (unpaired) electrons. The Morgan fingerprint density at radius 2 is 1.91 bits per heavy atom. The molecule has 0 aromatic heterocycles. The average Bonchev–Trinajstić information content (AvgIpc) is 2.45. The zero-order valence-corrected chi connectivity index (χ0v) is 14.2. The number of rotatable bonds is 8. The Morgan fingerprint density at radius 1 is 1.18 bits per heavy atom. The van der Waals surface area contributed by atoms with Crippen LogP contribution in [0.2, 0.25) is 0 Å². The van der Waals surface area contributed by atoms with E-state index in [-0.39, 0.29) is 11.8 Å². The number of aryl methyl sites for hydroxylation is 2. The SMILES string of the molecule is CCCCCNC(=O)CCN(C(C)=O)c1ccc(C)cc1C. The summed E-state index contributed by atoms with van der Waals surface area (Å²) >= 11 is 0. The summed E-state index contributed by atoms with van der Waals surface area (Å²) < 4.78 is 0. The second-order valence-corrected chi connectivity index (χ2v) is 5.77. The smallest absolute Gasteiger partial charge is 0.223 e. The summed E-state index contributed by atoms with van der Waals surface area (Å²) in [5.74, 6) is -0.0298. The summed E-state index contributed by atoms with van der Waals surface area (Å²) in [6.45, 7) is 8.83. The quantitative estimate of drug-likeness (QED) is 0.749. The number of hydrogen-bond acceptors (Lipinski definition) is 2. The summed E-state index contributed by atoms with van der Waals surface area (Å²) in [5.41, 5.74) is 3.11. The molecule has 0 aliphatic rings. The van der Waals surface area contributed by atoms with Gasteiger partial charge in [0.15, 0.2) is 0 Å². The van der Waals surface area contributed by atoms with Gasteiger partial charge in [0, 0.05) is 32.1 Å². The number of carbonyl (C=O) groups excluding carboxylic acids is 2. The third-order valence-electron chi connectivity index (χ3n) is 3.69. The minimum atomic E-state index is -0.0364. The van der Waals surface area contributed by atoms with E-state index in [0.29, 0.717) is 13.0 Å². The summed E-state index contributed by atoms with van der Waals surface area (Å²) in [4.78, 5) is 25.4. The van der Waals surface area contributed by atoms with Gasteiger partial charge in [0.2, 0.25) is 11.8 Å². The molecular weight excluding hydrogens is 276 g/mol. The van der Waals surface area contributed by atoms with Gasteiger partial charge < -0.3 is 10.2 Å². The fraction of sp³-hybridized carbons (Fsp3) is 0.556. The molecule has 1 aromatic carbocycles. The van der Waals surface area contributed by atoms with E-state index in [2.05, 4.69) is 18.3 Å². The first-order valence-corrected chi connectivity index (χ1v) is 8.07. The van der Waals surface area contributed by atoms with E-state index in [1.807, 2.05) is 26.0 Å². The van der Waals surface area contributed by atoms with Crippen molar-refractivity contribution in [1.29, 1.82) is 0 Å². The van der Waals surface area contributed by atoms with Crippen LogP contribution in [0.4, 0.5) is 5.69 Å². The number of amides is 2. The molecule has 22 heavy (non-hydrogen) atoms. The van der Waals surface area contributed by atoms with Crippen molar-refractivity contribution in [1.82, 2.24) is 5.32 Å². The van der Waals surface area contributed by atoms with Crippen molar-refractivity contribution >= 4 is 17.5 Å². The second kappa shape index (κ2) is 9.23. The topological polar surface area (TPSA) is 49.4 Å². The molecule has 0 heterocycles. The second-order valence-electron chi connectivity index (χ2n) is 5.77. The molecule has 2 amide bonds. The lowest BCUT2D eigenvalue weighted by atomic mass is 10.1. The highest BCUT2D eigenvalue weighted by Crippen LogP contribution is 2.21. The van der Waals surface area contributed by atoms with Gasteiger partial charge in [0.05, 0.1) is 0 Å². The maximum Gasteiger partial charge on any atom is 0.223 e. The van der Waals surface area contributed by atoms with E-state index in [1.54, 1.807) is 11.8 Å². The first-order chi connectivity index (χ1) is 10.5. The van der Waals surface area contributed by atoms with Crippen LogP contribution >= 0.6 is 0 Å². The van der Waals surface area contributed by atoms with Crippen LogP contribution in [0, 0.1) is 13.8 Å². The first-order valence-electron chi connectivity index (χ1n) is 8.07. The maximum absolute atomic E-state index is 11.9. The van der Waals surface area contributed by atoms with Crippen molar-refractivity contribution in [2.24, 2.45) is 0 Å². The predicted octanol–water partition coefficient (Wildman–Crippen LogP) is 3.35. The van der Waals surface area contributed by atoms with Gasteiger partial charge in [-0.15, -0.1) is 0 Å². The van der Waals surface area contributed by atoms with Crippen molar-refractivity contribution in [2.75, 3.05) is 18.0 Å². The average molecular weight is 304 g/mol. The Hall–Kier alpha value is -1.84. The molecule has 4 heteroatoms. The first kappa shape index (κ1) is 18.2. The normalized spacial score (nSPS) is 10.4. The molecule has 1 N–H and O–H groups in total. The highest BCUT2D eigenvalue weighted by molar-refractivity contribution is 5.93. The largest absolute Gasteiger partial charge is 0.356 e. The molecule has 1 aromatic rings. The molecule has 0 aliphatic heterocycles. The molecular formula is C18H28N2O2. The number of benzene rings is 1. The predicted molar refractivity (Wildman–Crippen MR) is 91.1 cm³/mol. The highest BCUT2D eigenvalue weighted by atomic mass is 16.2. The number of anilines is 1. The van der Waals surface area contributed by atoms with Crippen LogP contribution in [0.3, 0.4) is 0 Å². The summed E-state index contributed by atoms with van der Waals surface area (Å²) in [5, 5.41) is 2.91. The molecule has 0 saturated heterocycles. The summed E-state index contributed by atoms with van der Waals surface area (Å²) in [6.07, 6.45) is 3.61. The molecule has 0 spiro atoms. The lowest BCUT2D eigenvalue weighted by molar-refractivity contribution is -0.121. The van der Waals surface area contributed by atoms with Gasteiger partial charge in [0.25, 0.3) is 0 Å². The van der Waals surface area contributed by atoms with Crippen molar-refractivity contribution in [3.05, 3.63) is 29.3 Å². The molecule has 4 nitrogen and oxygen atoms in total. The van der Waals surface area contributed by atoms with Gasteiger partial charge in [0.1, 0.15) is 0 Å². The number of nitrogens with one attached hydrogen (secondary N) is 1. The zero-order valence-electron chi connectivity index (χ0n) is 14.2. The zero-order chi connectivity index (χ0) is 16.5. The van der Waals surface area contributed by atoms with Crippen LogP contribution in [0.25, 0.3) is 0 Å². The Morgan fingerprint density at radius 3 is 2.50 bits per heavy atom. The van der Waals surface area contributed by atoms with Crippen LogP contribution in [-0.2, 0) is 9.59 Å². The molecule has 0 bridgehead atoms. The van der Waals surface area contributed by atoms with Crippen molar-refractivity contribution in [3.63, 3.8) is 0 Å². The van der Waals surface area contributed by atoms with Gasteiger partial charge >= 0.3 is 0 Å². The van der Waals surface area contributed by atoms with Crippen LogP contribution in [0.15, 0.2) is 18.2 Å². The monoisotopic (exact) mass is 304 g/mol.